The Labute approximate surface area is 110 Å². The molecule has 0 aliphatic heterocycles. The first-order valence-corrected chi connectivity index (χ1v) is 5.90. The first-order valence-electron chi connectivity index (χ1n) is 5.14. The molecule has 0 atom stereocenters. The average Bonchev–Trinajstić information content (AvgIpc) is 2.27. The maximum atomic E-state index is 12.2. The van der Waals surface area contributed by atoms with Crippen molar-refractivity contribution in [1.82, 2.24) is 0 Å². The van der Waals surface area contributed by atoms with Gasteiger partial charge in [-0.2, -0.15) is 0 Å². The summed E-state index contributed by atoms with van der Waals surface area (Å²) < 4.78 is 0. The highest BCUT2D eigenvalue weighted by molar-refractivity contribution is 6.35. The van der Waals surface area contributed by atoms with Crippen LogP contribution < -0.4 is 0 Å². The molecule has 2 aromatic carbocycles. The van der Waals surface area contributed by atoms with Gasteiger partial charge < -0.3 is 0 Å². The zero-order valence-corrected chi connectivity index (χ0v) is 10.7. The van der Waals surface area contributed by atoms with Gasteiger partial charge in [-0.15, -0.1) is 0 Å². The molecular formula is C14H10Cl2O. The molecule has 0 unspecified atom stereocenters. The van der Waals surface area contributed by atoms with Gasteiger partial charge in [0.2, 0.25) is 0 Å². The number of hydrogen-bond donors (Lipinski definition) is 0. The van der Waals surface area contributed by atoms with Gasteiger partial charge in [0.1, 0.15) is 0 Å². The molecular weight excluding hydrogens is 255 g/mol. The quantitative estimate of drug-likeness (QED) is 0.729. The summed E-state index contributed by atoms with van der Waals surface area (Å²) in [5.74, 6) is -0.110. The van der Waals surface area contributed by atoms with Gasteiger partial charge in [-0.3, -0.25) is 4.79 Å². The second-order valence-electron chi connectivity index (χ2n) is 3.83. The second-order valence-corrected chi connectivity index (χ2v) is 4.67. The van der Waals surface area contributed by atoms with Crippen LogP contribution in [0.5, 0.6) is 0 Å². The Hall–Kier alpha value is -1.31. The molecule has 0 aromatic heterocycles. The SMILES string of the molecule is Cc1cc(Cl)cc(C(=O)c2ccccc2Cl)c1. The number of hydrogen-bond acceptors (Lipinski definition) is 1. The molecule has 0 bridgehead atoms. The lowest BCUT2D eigenvalue weighted by Gasteiger charge is -2.05. The normalized spacial score (nSPS) is 10.3. The van der Waals surface area contributed by atoms with Crippen LogP contribution in [0, 0.1) is 6.92 Å². The van der Waals surface area contributed by atoms with Crippen LogP contribution in [0.3, 0.4) is 0 Å². The molecule has 0 N–H and O–H groups in total. The third-order valence-corrected chi connectivity index (χ3v) is 2.97. The third kappa shape index (κ3) is 2.68. The molecule has 0 amide bonds. The maximum Gasteiger partial charge on any atom is 0.194 e. The van der Waals surface area contributed by atoms with Crippen molar-refractivity contribution < 1.29 is 4.79 Å². The number of carbonyl (C=O) groups is 1. The zero-order valence-electron chi connectivity index (χ0n) is 9.21. The minimum absolute atomic E-state index is 0.110. The molecule has 86 valence electrons. The molecule has 0 aliphatic carbocycles. The van der Waals surface area contributed by atoms with Gasteiger partial charge in [0.25, 0.3) is 0 Å². The standard InChI is InChI=1S/C14H10Cl2O/c1-9-6-10(8-11(15)7-9)14(17)12-4-2-3-5-13(12)16/h2-8H,1H3. The second kappa shape index (κ2) is 4.91. The Morgan fingerprint density at radius 2 is 1.76 bits per heavy atom. The van der Waals surface area contributed by atoms with Crippen LogP contribution >= 0.6 is 23.2 Å². The van der Waals surface area contributed by atoms with E-state index in [0.29, 0.717) is 21.2 Å². The molecule has 1 nitrogen and oxygen atoms in total. The van der Waals surface area contributed by atoms with Crippen molar-refractivity contribution in [2.45, 2.75) is 6.92 Å². The van der Waals surface area contributed by atoms with Gasteiger partial charge in [-0.25, -0.2) is 0 Å². The Balaban J connectivity index is 2.48. The van der Waals surface area contributed by atoms with E-state index in [4.69, 9.17) is 23.2 Å². The van der Waals surface area contributed by atoms with Crippen molar-refractivity contribution in [3.63, 3.8) is 0 Å². The van der Waals surface area contributed by atoms with E-state index in [9.17, 15) is 4.79 Å². The molecule has 0 saturated heterocycles. The Kier molecular flexibility index (Phi) is 3.51. The van der Waals surface area contributed by atoms with E-state index >= 15 is 0 Å². The molecule has 0 radical (unpaired) electrons. The number of benzene rings is 2. The van der Waals surface area contributed by atoms with Crippen LogP contribution in [0.1, 0.15) is 21.5 Å². The van der Waals surface area contributed by atoms with Crippen LogP contribution in [-0.2, 0) is 0 Å². The summed E-state index contributed by atoms with van der Waals surface area (Å²) in [5, 5.41) is 1.01. The average molecular weight is 265 g/mol. The highest BCUT2D eigenvalue weighted by atomic mass is 35.5. The van der Waals surface area contributed by atoms with E-state index in [1.54, 1.807) is 36.4 Å². The fourth-order valence-corrected chi connectivity index (χ4v) is 2.18. The summed E-state index contributed by atoms with van der Waals surface area (Å²) in [6.45, 7) is 1.90. The molecule has 2 rings (SSSR count). The molecule has 0 aliphatic rings. The van der Waals surface area contributed by atoms with E-state index in [-0.39, 0.29) is 5.78 Å². The third-order valence-electron chi connectivity index (χ3n) is 2.42. The van der Waals surface area contributed by atoms with Crippen molar-refractivity contribution in [2.75, 3.05) is 0 Å². The van der Waals surface area contributed by atoms with Crippen molar-refractivity contribution in [1.29, 1.82) is 0 Å². The van der Waals surface area contributed by atoms with E-state index in [1.807, 2.05) is 13.0 Å². The van der Waals surface area contributed by atoms with Crippen LogP contribution in [0.2, 0.25) is 10.0 Å². The first-order chi connectivity index (χ1) is 8.08. The molecule has 17 heavy (non-hydrogen) atoms. The van der Waals surface area contributed by atoms with Gasteiger partial charge in [0.15, 0.2) is 5.78 Å². The first kappa shape index (κ1) is 12.2. The van der Waals surface area contributed by atoms with Gasteiger partial charge in [-0.05, 0) is 42.8 Å². The number of halogens is 2. The number of aryl methyl sites for hydroxylation is 1. The summed E-state index contributed by atoms with van der Waals surface area (Å²) >= 11 is 11.9. The van der Waals surface area contributed by atoms with Crippen LogP contribution in [0.15, 0.2) is 42.5 Å². The van der Waals surface area contributed by atoms with Gasteiger partial charge >= 0.3 is 0 Å². The van der Waals surface area contributed by atoms with Crippen LogP contribution in [-0.4, -0.2) is 5.78 Å². The van der Waals surface area contributed by atoms with Gasteiger partial charge in [0.05, 0.1) is 5.02 Å². The zero-order chi connectivity index (χ0) is 12.4. The van der Waals surface area contributed by atoms with E-state index < -0.39 is 0 Å². The monoisotopic (exact) mass is 264 g/mol. The van der Waals surface area contributed by atoms with Crippen molar-refractivity contribution in [2.24, 2.45) is 0 Å². The molecule has 0 heterocycles. The minimum atomic E-state index is -0.110. The summed E-state index contributed by atoms with van der Waals surface area (Å²) in [4.78, 5) is 12.2. The highest BCUT2D eigenvalue weighted by Gasteiger charge is 2.12. The molecule has 2 aromatic rings. The lowest BCUT2D eigenvalue weighted by molar-refractivity contribution is 0.103. The Bertz CT molecular complexity index is 556. The van der Waals surface area contributed by atoms with E-state index in [0.717, 1.165) is 5.56 Å². The number of carbonyl (C=O) groups excluding carboxylic acids is 1. The van der Waals surface area contributed by atoms with Crippen molar-refractivity contribution in [3.8, 4) is 0 Å². The van der Waals surface area contributed by atoms with Crippen molar-refractivity contribution in [3.05, 3.63) is 69.2 Å². The number of rotatable bonds is 2. The predicted octanol–water partition coefficient (Wildman–Crippen LogP) is 4.53. The Morgan fingerprint density at radius 3 is 2.41 bits per heavy atom. The lowest BCUT2D eigenvalue weighted by atomic mass is 10.0. The van der Waals surface area contributed by atoms with Gasteiger partial charge in [0, 0.05) is 16.1 Å². The molecule has 3 heteroatoms. The van der Waals surface area contributed by atoms with Crippen LogP contribution in [0.4, 0.5) is 0 Å². The topological polar surface area (TPSA) is 17.1 Å². The fourth-order valence-electron chi connectivity index (χ4n) is 1.67. The summed E-state index contributed by atoms with van der Waals surface area (Å²) in [6.07, 6.45) is 0. The lowest BCUT2D eigenvalue weighted by Crippen LogP contribution is -2.02. The maximum absolute atomic E-state index is 12.2. The Morgan fingerprint density at radius 1 is 1.06 bits per heavy atom. The highest BCUT2D eigenvalue weighted by Crippen LogP contribution is 2.22. The summed E-state index contributed by atoms with van der Waals surface area (Å²) in [6, 6.07) is 12.3. The summed E-state index contributed by atoms with van der Waals surface area (Å²) in [5.41, 5.74) is 2.01. The molecule has 0 saturated carbocycles. The molecule has 0 fully saturated rings. The van der Waals surface area contributed by atoms with E-state index in [1.165, 1.54) is 0 Å². The molecule has 0 spiro atoms. The van der Waals surface area contributed by atoms with E-state index in [2.05, 4.69) is 0 Å². The smallest absolute Gasteiger partial charge is 0.194 e. The fraction of sp³-hybridized carbons (Fsp3) is 0.0714. The number of ketones is 1. The van der Waals surface area contributed by atoms with Crippen molar-refractivity contribution >= 4 is 29.0 Å². The van der Waals surface area contributed by atoms with Crippen LogP contribution in [0.25, 0.3) is 0 Å². The minimum Gasteiger partial charge on any atom is -0.289 e. The summed E-state index contributed by atoms with van der Waals surface area (Å²) in [7, 11) is 0. The largest absolute Gasteiger partial charge is 0.289 e. The predicted molar refractivity (Wildman–Crippen MR) is 71.1 cm³/mol. The van der Waals surface area contributed by atoms with Gasteiger partial charge in [-0.1, -0.05) is 35.3 Å².